The predicted octanol–water partition coefficient (Wildman–Crippen LogP) is 2.86. The van der Waals surface area contributed by atoms with Gasteiger partial charge in [0.1, 0.15) is 17.1 Å². The van der Waals surface area contributed by atoms with Crippen molar-refractivity contribution in [1.82, 2.24) is 9.88 Å². The highest BCUT2D eigenvalue weighted by atomic mass is 16.3. The molecule has 3 N–H and O–H groups in total. The minimum Gasteiger partial charge on any atom is -0.504 e. The molecule has 2 aromatic heterocycles. The Morgan fingerprint density at radius 2 is 1.94 bits per heavy atom. The molecule has 1 aliphatic carbocycles. The third-order valence-electron chi connectivity index (χ3n) is 6.19. The zero-order chi connectivity index (χ0) is 23.4. The van der Waals surface area contributed by atoms with Gasteiger partial charge in [0.15, 0.2) is 11.4 Å². The summed E-state index contributed by atoms with van der Waals surface area (Å²) >= 11 is 0. The van der Waals surface area contributed by atoms with Gasteiger partial charge in [-0.25, -0.2) is 4.98 Å². The van der Waals surface area contributed by atoms with E-state index in [0.717, 1.165) is 29.7 Å². The summed E-state index contributed by atoms with van der Waals surface area (Å²) in [7, 11) is 3.08. The number of carbonyl (C=O) groups is 1. The standard InChI is InChI=1S/C23H26N4O5/c1-11-10-32-20-12(11)6-8-23(2,3)21(20)26-15-14(18(29)19(15)30)25-13-7-9-24-16(17(13)28)22(31)27(4)5/h7,9-10,21,26,28H,6,8H2,1-5H3,(H,24,25). The second-order valence-corrected chi connectivity index (χ2v) is 9.12. The predicted molar refractivity (Wildman–Crippen MR) is 120 cm³/mol. The number of amides is 1. The molecule has 2 heterocycles. The largest absolute Gasteiger partial charge is 0.504 e. The molecule has 32 heavy (non-hydrogen) atoms. The highest BCUT2D eigenvalue weighted by Crippen LogP contribution is 2.47. The van der Waals surface area contributed by atoms with Crippen molar-refractivity contribution in [2.75, 3.05) is 24.7 Å². The molecule has 3 aromatic rings. The second-order valence-electron chi connectivity index (χ2n) is 9.12. The van der Waals surface area contributed by atoms with Crippen LogP contribution in [0.15, 0.2) is 32.5 Å². The van der Waals surface area contributed by atoms with Crippen LogP contribution in [-0.2, 0) is 6.42 Å². The fourth-order valence-electron chi connectivity index (χ4n) is 4.11. The Labute approximate surface area is 184 Å². The summed E-state index contributed by atoms with van der Waals surface area (Å²) < 4.78 is 5.81. The fourth-order valence-corrected chi connectivity index (χ4v) is 4.11. The number of aromatic hydroxyl groups is 1. The third kappa shape index (κ3) is 3.34. The van der Waals surface area contributed by atoms with E-state index >= 15 is 0 Å². The van der Waals surface area contributed by atoms with Crippen LogP contribution < -0.4 is 21.5 Å². The molecule has 1 amide bonds. The smallest absolute Gasteiger partial charge is 0.275 e. The van der Waals surface area contributed by atoms with Crippen molar-refractivity contribution < 1.29 is 14.3 Å². The molecular weight excluding hydrogens is 412 g/mol. The first kappa shape index (κ1) is 21.6. The molecule has 168 valence electrons. The highest BCUT2D eigenvalue weighted by Gasteiger charge is 2.41. The second kappa shape index (κ2) is 7.51. The lowest BCUT2D eigenvalue weighted by Gasteiger charge is -2.39. The Hall–Kier alpha value is -3.62. The van der Waals surface area contributed by atoms with Gasteiger partial charge in [0, 0.05) is 20.3 Å². The van der Waals surface area contributed by atoms with Crippen molar-refractivity contribution >= 4 is 23.0 Å². The van der Waals surface area contributed by atoms with E-state index in [2.05, 4.69) is 29.5 Å². The van der Waals surface area contributed by atoms with E-state index in [1.807, 2.05) is 6.92 Å². The molecule has 0 saturated carbocycles. The lowest BCUT2D eigenvalue weighted by molar-refractivity contribution is 0.0819. The van der Waals surface area contributed by atoms with Gasteiger partial charge in [0.05, 0.1) is 18.0 Å². The van der Waals surface area contributed by atoms with Crippen LogP contribution in [0.3, 0.4) is 0 Å². The van der Waals surface area contributed by atoms with Gasteiger partial charge in [-0.15, -0.1) is 0 Å². The van der Waals surface area contributed by atoms with Crippen LogP contribution in [-0.4, -0.2) is 35.0 Å². The van der Waals surface area contributed by atoms with E-state index in [-0.39, 0.29) is 34.2 Å². The lowest BCUT2D eigenvalue weighted by atomic mass is 9.72. The van der Waals surface area contributed by atoms with Gasteiger partial charge in [0.2, 0.25) is 0 Å². The normalized spacial score (nSPS) is 17.1. The number of rotatable bonds is 5. The summed E-state index contributed by atoms with van der Waals surface area (Å²) in [5.74, 6) is -0.116. The van der Waals surface area contributed by atoms with E-state index in [1.165, 1.54) is 17.2 Å². The van der Waals surface area contributed by atoms with Crippen LogP contribution in [0.2, 0.25) is 0 Å². The van der Waals surface area contributed by atoms with E-state index in [9.17, 15) is 19.5 Å². The van der Waals surface area contributed by atoms with Gasteiger partial charge in [-0.2, -0.15) is 0 Å². The third-order valence-corrected chi connectivity index (χ3v) is 6.19. The first-order valence-electron chi connectivity index (χ1n) is 10.4. The minimum absolute atomic E-state index is 0.0333. The molecular formula is C23H26N4O5. The van der Waals surface area contributed by atoms with Crippen LogP contribution in [0, 0.1) is 12.3 Å². The summed E-state index contributed by atoms with van der Waals surface area (Å²) in [5, 5.41) is 16.6. The Morgan fingerprint density at radius 3 is 2.62 bits per heavy atom. The van der Waals surface area contributed by atoms with Crippen molar-refractivity contribution in [3.8, 4) is 5.75 Å². The zero-order valence-electron chi connectivity index (χ0n) is 18.7. The van der Waals surface area contributed by atoms with Gasteiger partial charge >= 0.3 is 0 Å². The van der Waals surface area contributed by atoms with Gasteiger partial charge in [0.25, 0.3) is 16.8 Å². The number of hydrogen-bond donors (Lipinski definition) is 3. The van der Waals surface area contributed by atoms with Crippen molar-refractivity contribution in [2.45, 2.75) is 39.7 Å². The Balaban J connectivity index is 1.68. The first-order chi connectivity index (χ1) is 15.0. The Bertz CT molecular complexity index is 1280. The average Bonchev–Trinajstić information content (AvgIpc) is 3.12. The summed E-state index contributed by atoms with van der Waals surface area (Å²) in [5.41, 5.74) is 0.732. The Morgan fingerprint density at radius 1 is 1.25 bits per heavy atom. The number of aryl methyl sites for hydroxylation is 1. The maximum atomic E-state index is 12.4. The summed E-state index contributed by atoms with van der Waals surface area (Å²) in [4.78, 5) is 42.2. The number of pyridine rings is 1. The Kier molecular flexibility index (Phi) is 5.07. The van der Waals surface area contributed by atoms with Crippen LogP contribution >= 0.6 is 0 Å². The molecule has 1 unspecified atom stereocenters. The summed E-state index contributed by atoms with van der Waals surface area (Å²) in [6.45, 7) is 6.15. The van der Waals surface area contributed by atoms with E-state index in [0.29, 0.717) is 0 Å². The molecule has 0 saturated heterocycles. The van der Waals surface area contributed by atoms with Gasteiger partial charge in [-0.3, -0.25) is 14.4 Å². The number of hydrogen-bond acceptors (Lipinski definition) is 8. The number of nitrogens with zero attached hydrogens (tertiary/aromatic N) is 2. The molecule has 0 bridgehead atoms. The number of aromatic nitrogens is 1. The molecule has 0 radical (unpaired) electrons. The monoisotopic (exact) mass is 438 g/mol. The molecule has 9 nitrogen and oxygen atoms in total. The molecule has 1 atom stereocenters. The van der Waals surface area contributed by atoms with Crippen LogP contribution in [0.1, 0.15) is 53.7 Å². The minimum atomic E-state index is -0.700. The number of nitrogens with one attached hydrogen (secondary N) is 2. The van der Waals surface area contributed by atoms with Crippen LogP contribution in [0.5, 0.6) is 5.75 Å². The highest BCUT2D eigenvalue weighted by molar-refractivity contribution is 5.97. The number of anilines is 3. The average molecular weight is 438 g/mol. The van der Waals surface area contributed by atoms with Crippen molar-refractivity contribution in [3.05, 3.63) is 61.6 Å². The quantitative estimate of drug-likeness (QED) is 0.520. The van der Waals surface area contributed by atoms with Crippen molar-refractivity contribution in [1.29, 1.82) is 0 Å². The van der Waals surface area contributed by atoms with Crippen molar-refractivity contribution in [2.24, 2.45) is 5.41 Å². The van der Waals surface area contributed by atoms with Gasteiger partial charge < -0.3 is 25.1 Å². The summed E-state index contributed by atoms with van der Waals surface area (Å²) in [6, 6.07) is 1.13. The topological polar surface area (TPSA) is 125 Å². The fraction of sp³-hybridized carbons (Fsp3) is 0.391. The van der Waals surface area contributed by atoms with Crippen LogP contribution in [0.4, 0.5) is 17.1 Å². The van der Waals surface area contributed by atoms with Gasteiger partial charge in [-0.05, 0) is 42.4 Å². The molecule has 0 fully saturated rings. The zero-order valence-corrected chi connectivity index (χ0v) is 18.7. The molecule has 1 aromatic carbocycles. The van der Waals surface area contributed by atoms with E-state index in [4.69, 9.17) is 4.42 Å². The molecule has 1 aliphatic rings. The SMILES string of the molecule is Cc1coc2c1CCC(C)(C)C2Nc1c(Nc2ccnc(C(=O)N(C)C)c2O)c(=O)c1=O. The number of carbonyl (C=O) groups excluding carboxylic acids is 1. The maximum Gasteiger partial charge on any atom is 0.275 e. The van der Waals surface area contributed by atoms with E-state index in [1.54, 1.807) is 20.4 Å². The first-order valence-corrected chi connectivity index (χ1v) is 10.4. The van der Waals surface area contributed by atoms with Crippen molar-refractivity contribution in [3.63, 3.8) is 0 Å². The molecule has 4 rings (SSSR count). The lowest BCUT2D eigenvalue weighted by Crippen LogP contribution is -2.41. The van der Waals surface area contributed by atoms with Crippen LogP contribution in [0.25, 0.3) is 0 Å². The molecule has 9 heteroatoms. The number of furan rings is 1. The maximum absolute atomic E-state index is 12.4. The number of fused-ring (bicyclic) bond motifs is 1. The van der Waals surface area contributed by atoms with E-state index < -0.39 is 22.5 Å². The molecule has 0 aliphatic heterocycles. The summed E-state index contributed by atoms with van der Waals surface area (Å²) in [6.07, 6.45) is 4.82. The van der Waals surface area contributed by atoms with Gasteiger partial charge in [-0.1, -0.05) is 13.8 Å². The molecule has 0 spiro atoms.